The summed E-state index contributed by atoms with van der Waals surface area (Å²) in [5.74, 6) is 1.40. The van der Waals surface area contributed by atoms with E-state index in [0.717, 1.165) is 38.5 Å². The van der Waals surface area contributed by atoms with Crippen molar-refractivity contribution in [2.45, 2.75) is 58.3 Å². The third-order valence-electron chi connectivity index (χ3n) is 5.09. The minimum atomic E-state index is 0. The number of methoxy groups -OCH3 is 1. The minimum Gasteiger partial charge on any atom is -0.385 e. The smallest absolute Gasteiger partial charge is 0.191 e. The van der Waals surface area contributed by atoms with Crippen LogP contribution in [-0.4, -0.2) is 44.8 Å². The van der Waals surface area contributed by atoms with E-state index in [4.69, 9.17) is 9.72 Å². The standard InChI is InChI=1S/C19H34N4OS.HI/c1-15(2)17-23-16(13-25-17)7-11-21-18(20-3)22-14-19(10-12-24-4)8-5-6-9-19;/h13,15H,5-12,14H2,1-4H3,(H2,20,21,22);1H. The van der Waals surface area contributed by atoms with Gasteiger partial charge in [0.05, 0.1) is 10.7 Å². The van der Waals surface area contributed by atoms with Crippen molar-refractivity contribution in [1.82, 2.24) is 15.6 Å². The van der Waals surface area contributed by atoms with Gasteiger partial charge in [0.15, 0.2) is 5.96 Å². The molecule has 0 atom stereocenters. The highest BCUT2D eigenvalue weighted by Gasteiger charge is 2.33. The first kappa shape index (κ1) is 23.6. The fourth-order valence-electron chi connectivity index (χ4n) is 3.46. The summed E-state index contributed by atoms with van der Waals surface area (Å²) < 4.78 is 5.31. The molecule has 1 aliphatic carbocycles. The maximum absolute atomic E-state index is 5.31. The zero-order valence-corrected chi connectivity index (χ0v) is 19.8. The van der Waals surface area contributed by atoms with Crippen LogP contribution < -0.4 is 10.6 Å². The van der Waals surface area contributed by atoms with Crippen LogP contribution in [0.25, 0.3) is 0 Å². The van der Waals surface area contributed by atoms with Crippen molar-refractivity contribution in [1.29, 1.82) is 0 Å². The molecule has 0 bridgehead atoms. The summed E-state index contributed by atoms with van der Waals surface area (Å²) in [6.07, 6.45) is 7.30. The van der Waals surface area contributed by atoms with Crippen LogP contribution in [0.3, 0.4) is 0 Å². The lowest BCUT2D eigenvalue weighted by Gasteiger charge is -2.29. The quantitative estimate of drug-likeness (QED) is 0.307. The average Bonchev–Trinajstić information content (AvgIpc) is 3.26. The number of guanidine groups is 1. The van der Waals surface area contributed by atoms with E-state index in [0.29, 0.717) is 11.3 Å². The number of nitrogens with zero attached hydrogens (tertiary/aromatic N) is 2. The second-order valence-corrected chi connectivity index (χ2v) is 8.27. The highest BCUT2D eigenvalue weighted by atomic mass is 127. The number of hydrogen-bond acceptors (Lipinski definition) is 4. The lowest BCUT2D eigenvalue weighted by Crippen LogP contribution is -2.43. The van der Waals surface area contributed by atoms with Crippen LogP contribution >= 0.6 is 35.3 Å². The van der Waals surface area contributed by atoms with Crippen molar-refractivity contribution < 1.29 is 4.74 Å². The molecule has 150 valence electrons. The normalized spacial score (nSPS) is 16.6. The van der Waals surface area contributed by atoms with Crippen molar-refractivity contribution in [3.8, 4) is 0 Å². The Morgan fingerprint density at radius 3 is 2.65 bits per heavy atom. The van der Waals surface area contributed by atoms with Crippen LogP contribution in [0.15, 0.2) is 10.4 Å². The Labute approximate surface area is 179 Å². The van der Waals surface area contributed by atoms with E-state index in [1.54, 1.807) is 18.4 Å². The Bertz CT molecular complexity index is 541. The lowest BCUT2D eigenvalue weighted by molar-refractivity contribution is 0.138. The van der Waals surface area contributed by atoms with Crippen molar-refractivity contribution in [2.75, 3.05) is 33.9 Å². The number of thiazole rings is 1. The maximum atomic E-state index is 5.31. The molecular weight excluding hydrogens is 459 g/mol. The van der Waals surface area contributed by atoms with Gasteiger partial charge >= 0.3 is 0 Å². The third-order valence-corrected chi connectivity index (χ3v) is 6.29. The van der Waals surface area contributed by atoms with E-state index in [2.05, 4.69) is 34.9 Å². The molecule has 26 heavy (non-hydrogen) atoms. The van der Waals surface area contributed by atoms with Crippen LogP contribution in [0.1, 0.15) is 62.6 Å². The highest BCUT2D eigenvalue weighted by Crippen LogP contribution is 2.40. The van der Waals surface area contributed by atoms with Gasteiger partial charge in [-0.3, -0.25) is 4.99 Å². The van der Waals surface area contributed by atoms with Gasteiger partial charge in [-0.15, -0.1) is 35.3 Å². The van der Waals surface area contributed by atoms with Crippen LogP contribution in [0.2, 0.25) is 0 Å². The zero-order chi connectivity index (χ0) is 18.1. The van der Waals surface area contributed by atoms with Gasteiger partial charge in [0.1, 0.15) is 0 Å². The minimum absolute atomic E-state index is 0. The number of aromatic nitrogens is 1. The molecule has 0 aliphatic heterocycles. The van der Waals surface area contributed by atoms with E-state index >= 15 is 0 Å². The van der Waals surface area contributed by atoms with Gasteiger partial charge in [0, 0.05) is 51.6 Å². The fraction of sp³-hybridized carbons (Fsp3) is 0.789. The first-order valence-electron chi connectivity index (χ1n) is 9.46. The van der Waals surface area contributed by atoms with E-state index in [9.17, 15) is 0 Å². The molecule has 1 aromatic rings. The number of hydrogen-bond donors (Lipinski definition) is 2. The lowest BCUT2D eigenvalue weighted by atomic mass is 9.83. The van der Waals surface area contributed by atoms with E-state index in [1.807, 2.05) is 7.05 Å². The summed E-state index contributed by atoms with van der Waals surface area (Å²) in [6.45, 7) is 7.05. The van der Waals surface area contributed by atoms with E-state index < -0.39 is 0 Å². The third kappa shape index (κ3) is 7.31. The van der Waals surface area contributed by atoms with Crippen LogP contribution in [0, 0.1) is 5.41 Å². The average molecular weight is 494 g/mol. The van der Waals surface area contributed by atoms with Crippen molar-refractivity contribution >= 4 is 41.3 Å². The molecule has 2 rings (SSSR count). The monoisotopic (exact) mass is 494 g/mol. The summed E-state index contributed by atoms with van der Waals surface area (Å²) in [5.41, 5.74) is 1.54. The predicted octanol–water partition coefficient (Wildman–Crippen LogP) is 4.19. The van der Waals surface area contributed by atoms with Gasteiger partial charge < -0.3 is 15.4 Å². The molecule has 1 aliphatic rings. The molecular formula is C19H35IN4OS. The van der Waals surface area contributed by atoms with Gasteiger partial charge in [-0.1, -0.05) is 26.7 Å². The second-order valence-electron chi connectivity index (χ2n) is 7.38. The predicted molar refractivity (Wildman–Crippen MR) is 122 cm³/mol. The molecule has 0 amide bonds. The van der Waals surface area contributed by atoms with Gasteiger partial charge in [-0.05, 0) is 24.7 Å². The van der Waals surface area contributed by atoms with Crippen molar-refractivity contribution in [3.05, 3.63) is 16.1 Å². The first-order valence-corrected chi connectivity index (χ1v) is 10.3. The molecule has 0 radical (unpaired) electrons. The summed E-state index contributed by atoms with van der Waals surface area (Å²) in [6, 6.07) is 0. The van der Waals surface area contributed by atoms with Crippen LogP contribution in [0.5, 0.6) is 0 Å². The topological polar surface area (TPSA) is 58.5 Å². The van der Waals surface area contributed by atoms with E-state index in [-0.39, 0.29) is 24.0 Å². The molecule has 5 nitrogen and oxygen atoms in total. The number of ether oxygens (including phenoxy) is 1. The SMILES string of the molecule is CN=C(NCCc1csc(C(C)C)n1)NCC1(CCOC)CCCC1.I. The Hall–Kier alpha value is -0.410. The first-order chi connectivity index (χ1) is 12.1. The summed E-state index contributed by atoms with van der Waals surface area (Å²) in [5, 5.41) is 10.4. The van der Waals surface area contributed by atoms with Gasteiger partial charge in [-0.2, -0.15) is 0 Å². The van der Waals surface area contributed by atoms with Gasteiger partial charge in [0.2, 0.25) is 0 Å². The van der Waals surface area contributed by atoms with Crippen LogP contribution in [0.4, 0.5) is 0 Å². The summed E-state index contributed by atoms with van der Waals surface area (Å²) in [7, 11) is 3.63. The maximum Gasteiger partial charge on any atom is 0.191 e. The fourth-order valence-corrected chi connectivity index (χ4v) is 4.33. The van der Waals surface area contributed by atoms with Gasteiger partial charge in [0.25, 0.3) is 0 Å². The second kappa shape index (κ2) is 12.1. The molecule has 0 aromatic carbocycles. The molecule has 2 N–H and O–H groups in total. The Kier molecular flexibility index (Phi) is 11.0. The Balaban J connectivity index is 0.00000338. The summed E-state index contributed by atoms with van der Waals surface area (Å²) >= 11 is 1.76. The summed E-state index contributed by atoms with van der Waals surface area (Å²) in [4.78, 5) is 9.06. The molecule has 0 unspecified atom stereocenters. The largest absolute Gasteiger partial charge is 0.385 e. The number of aliphatic imine (C=N–C) groups is 1. The molecule has 1 aromatic heterocycles. The Morgan fingerprint density at radius 2 is 2.08 bits per heavy atom. The number of rotatable bonds is 9. The molecule has 7 heteroatoms. The molecule has 1 heterocycles. The molecule has 0 saturated heterocycles. The zero-order valence-electron chi connectivity index (χ0n) is 16.6. The van der Waals surface area contributed by atoms with Crippen LogP contribution in [-0.2, 0) is 11.2 Å². The van der Waals surface area contributed by atoms with E-state index in [1.165, 1.54) is 36.4 Å². The molecule has 1 fully saturated rings. The number of halogens is 1. The van der Waals surface area contributed by atoms with Crippen molar-refractivity contribution in [2.24, 2.45) is 10.4 Å². The van der Waals surface area contributed by atoms with Gasteiger partial charge in [-0.25, -0.2) is 4.98 Å². The molecule has 0 spiro atoms. The Morgan fingerprint density at radius 1 is 1.35 bits per heavy atom. The molecule has 1 saturated carbocycles. The highest BCUT2D eigenvalue weighted by molar-refractivity contribution is 14.0. The van der Waals surface area contributed by atoms with Crippen molar-refractivity contribution in [3.63, 3.8) is 0 Å². The number of nitrogens with one attached hydrogen (secondary N) is 2.